The van der Waals surface area contributed by atoms with Crippen LogP contribution in [-0.4, -0.2) is 13.1 Å². The van der Waals surface area contributed by atoms with E-state index in [0.717, 1.165) is 6.42 Å². The van der Waals surface area contributed by atoms with Gasteiger partial charge in [-0.25, -0.2) is 0 Å². The maximum absolute atomic E-state index is 12.2. The first kappa shape index (κ1) is 20.7. The van der Waals surface area contributed by atoms with Crippen LogP contribution in [0.2, 0.25) is 0 Å². The number of fused-ring (bicyclic) bond motifs is 3. The van der Waals surface area contributed by atoms with Crippen molar-refractivity contribution < 1.29 is 9.53 Å². The fourth-order valence-electron chi connectivity index (χ4n) is 5.90. The number of hydrogen-bond donors (Lipinski definition) is 0. The van der Waals surface area contributed by atoms with E-state index in [0.29, 0.717) is 5.92 Å². The van der Waals surface area contributed by atoms with Crippen LogP contribution in [0, 0.1) is 5.92 Å². The fourth-order valence-corrected chi connectivity index (χ4v) is 5.90. The summed E-state index contributed by atoms with van der Waals surface area (Å²) in [5.74, 6) is 0.357. The van der Waals surface area contributed by atoms with Crippen molar-refractivity contribution in [1.82, 2.24) is 0 Å². The van der Waals surface area contributed by atoms with Crippen molar-refractivity contribution in [3.63, 3.8) is 0 Å². The number of carbonyl (C=O) groups is 1. The van der Waals surface area contributed by atoms with Gasteiger partial charge in [0, 0.05) is 11.8 Å². The molecule has 0 amide bonds. The molecular weight excluding hydrogens is 416 g/mol. The van der Waals surface area contributed by atoms with Crippen molar-refractivity contribution >= 4 is 27.5 Å². The highest BCUT2D eigenvalue weighted by molar-refractivity contribution is 5.98. The minimum atomic E-state index is -0.0796. The first-order valence-corrected chi connectivity index (χ1v) is 11.9. The Bertz CT molecular complexity index is 1360. The largest absolute Gasteiger partial charge is 0.469 e. The summed E-state index contributed by atoms with van der Waals surface area (Å²) in [5.41, 5.74) is 5.38. The number of benzene rings is 5. The molecule has 1 atom stereocenters. The molecule has 3 aliphatic carbocycles. The van der Waals surface area contributed by atoms with Gasteiger partial charge in [0.1, 0.15) is 0 Å². The van der Waals surface area contributed by atoms with Crippen molar-refractivity contribution in [2.45, 2.75) is 18.3 Å². The van der Waals surface area contributed by atoms with Crippen molar-refractivity contribution in [2.24, 2.45) is 5.92 Å². The van der Waals surface area contributed by atoms with Crippen LogP contribution in [0.25, 0.3) is 21.5 Å². The molecule has 1 unspecified atom stereocenters. The van der Waals surface area contributed by atoms with E-state index in [2.05, 4.69) is 109 Å². The Hall–Kier alpha value is -3.91. The molecule has 0 aromatic heterocycles. The third-order valence-electron chi connectivity index (χ3n) is 7.42. The molecule has 0 N–H and O–H groups in total. The Morgan fingerprint density at radius 3 is 1.41 bits per heavy atom. The summed E-state index contributed by atoms with van der Waals surface area (Å²) < 4.78 is 5.03. The minimum absolute atomic E-state index is 0.0465. The van der Waals surface area contributed by atoms with Gasteiger partial charge >= 0.3 is 5.97 Å². The molecule has 2 nitrogen and oxygen atoms in total. The molecular formula is C32H26O2. The highest BCUT2D eigenvalue weighted by Crippen LogP contribution is 2.55. The molecule has 5 aromatic carbocycles. The third-order valence-corrected chi connectivity index (χ3v) is 7.42. The molecule has 0 spiro atoms. The molecule has 2 heteroatoms. The average molecular weight is 443 g/mol. The first-order chi connectivity index (χ1) is 16.7. The minimum Gasteiger partial charge on any atom is -0.469 e. The van der Waals surface area contributed by atoms with Crippen LogP contribution in [0.5, 0.6) is 0 Å². The maximum Gasteiger partial charge on any atom is 0.309 e. The second-order valence-corrected chi connectivity index (χ2v) is 9.20. The Morgan fingerprint density at radius 2 is 1.00 bits per heavy atom. The van der Waals surface area contributed by atoms with Gasteiger partial charge in [-0.05, 0) is 62.4 Å². The van der Waals surface area contributed by atoms with E-state index in [1.807, 2.05) is 0 Å². The number of carbonyl (C=O) groups excluding carboxylic acids is 1. The molecule has 0 saturated carbocycles. The predicted octanol–water partition coefficient (Wildman–Crippen LogP) is 7.45. The first-order valence-electron chi connectivity index (χ1n) is 11.9. The van der Waals surface area contributed by atoms with E-state index in [9.17, 15) is 4.79 Å². The number of methoxy groups -OCH3 is 1. The van der Waals surface area contributed by atoms with E-state index in [1.54, 1.807) is 0 Å². The maximum atomic E-state index is 12.2. The molecule has 0 heterocycles. The van der Waals surface area contributed by atoms with Gasteiger partial charge in [0.05, 0.1) is 13.0 Å². The van der Waals surface area contributed by atoms with Gasteiger partial charge < -0.3 is 4.74 Å². The van der Waals surface area contributed by atoms with E-state index in [-0.39, 0.29) is 17.8 Å². The zero-order chi connectivity index (χ0) is 23.1. The lowest BCUT2D eigenvalue weighted by Gasteiger charge is -2.44. The summed E-state index contributed by atoms with van der Waals surface area (Å²) in [7, 11) is 1.49. The topological polar surface area (TPSA) is 26.3 Å². The van der Waals surface area contributed by atoms with Crippen LogP contribution in [0.3, 0.4) is 0 Å². The van der Waals surface area contributed by atoms with Gasteiger partial charge in [-0.3, -0.25) is 4.79 Å². The van der Waals surface area contributed by atoms with Crippen molar-refractivity contribution in [3.05, 3.63) is 131 Å². The van der Waals surface area contributed by atoms with Gasteiger partial charge in [0.2, 0.25) is 0 Å². The number of ether oxygens (including phenoxy) is 1. The smallest absolute Gasteiger partial charge is 0.309 e. The van der Waals surface area contributed by atoms with E-state index in [4.69, 9.17) is 4.74 Å². The van der Waals surface area contributed by atoms with Gasteiger partial charge in [0.25, 0.3) is 0 Å². The second kappa shape index (κ2) is 8.46. The zero-order valence-corrected chi connectivity index (χ0v) is 19.1. The molecule has 166 valence electrons. The third kappa shape index (κ3) is 3.38. The molecule has 0 saturated heterocycles. The summed E-state index contributed by atoms with van der Waals surface area (Å²) >= 11 is 0. The second-order valence-electron chi connectivity index (χ2n) is 9.20. The standard InChI is InChI=1S/C18H16O2.C14H10/c1-20-18(19)16-10-15-11-6-2-4-8-13(11)17(16)14-9-5-3-7-12(14)15;1-2-6-12-10-14-8-4-3-7-13(14)9-11(12)5-1/h2-9,15-17H,10H2,1H3;1-10H. The zero-order valence-electron chi connectivity index (χ0n) is 19.1. The van der Waals surface area contributed by atoms with Gasteiger partial charge in [0.15, 0.2) is 0 Å². The molecule has 0 fully saturated rings. The Kier molecular flexibility index (Phi) is 5.15. The summed E-state index contributed by atoms with van der Waals surface area (Å²) in [6.07, 6.45) is 0.866. The fraction of sp³-hybridized carbons (Fsp3) is 0.156. The SMILES string of the molecule is COC(=O)C1CC2c3ccccc3C1c1ccccc12.c1ccc2cc3ccccc3cc2c1. The monoisotopic (exact) mass is 442 g/mol. The van der Waals surface area contributed by atoms with Gasteiger partial charge in [-0.15, -0.1) is 0 Å². The van der Waals surface area contributed by atoms with Crippen LogP contribution in [0.1, 0.15) is 40.5 Å². The summed E-state index contributed by atoms with van der Waals surface area (Å²) in [6.45, 7) is 0. The lowest BCUT2D eigenvalue weighted by Crippen LogP contribution is -2.36. The summed E-state index contributed by atoms with van der Waals surface area (Å²) in [6, 6.07) is 38.5. The van der Waals surface area contributed by atoms with E-state index >= 15 is 0 Å². The molecule has 5 aromatic rings. The van der Waals surface area contributed by atoms with E-state index < -0.39 is 0 Å². The Balaban J connectivity index is 0.000000136. The van der Waals surface area contributed by atoms with Crippen LogP contribution in [0.15, 0.2) is 109 Å². The number of hydrogen-bond acceptors (Lipinski definition) is 2. The van der Waals surface area contributed by atoms with Crippen molar-refractivity contribution in [2.75, 3.05) is 7.11 Å². The van der Waals surface area contributed by atoms with Crippen LogP contribution >= 0.6 is 0 Å². The predicted molar refractivity (Wildman–Crippen MR) is 138 cm³/mol. The summed E-state index contributed by atoms with van der Waals surface area (Å²) in [5, 5.41) is 5.25. The van der Waals surface area contributed by atoms with Crippen LogP contribution < -0.4 is 0 Å². The molecule has 2 bridgehead atoms. The van der Waals surface area contributed by atoms with Gasteiger partial charge in [-0.2, -0.15) is 0 Å². The Morgan fingerprint density at radius 1 is 0.618 bits per heavy atom. The van der Waals surface area contributed by atoms with Crippen molar-refractivity contribution in [1.29, 1.82) is 0 Å². The Labute approximate surface area is 199 Å². The average Bonchev–Trinajstić information content (AvgIpc) is 2.91. The lowest BCUT2D eigenvalue weighted by molar-refractivity contribution is -0.146. The number of rotatable bonds is 1. The highest BCUT2D eigenvalue weighted by atomic mass is 16.5. The molecule has 0 radical (unpaired) electrons. The summed E-state index contributed by atoms with van der Waals surface area (Å²) in [4.78, 5) is 12.2. The molecule has 8 rings (SSSR count). The molecule has 3 aliphatic rings. The van der Waals surface area contributed by atoms with E-state index in [1.165, 1.54) is 50.9 Å². The number of esters is 1. The van der Waals surface area contributed by atoms with Crippen molar-refractivity contribution in [3.8, 4) is 0 Å². The highest BCUT2D eigenvalue weighted by Gasteiger charge is 2.46. The normalized spacial score (nSPS) is 19.6. The molecule has 0 aliphatic heterocycles. The lowest BCUT2D eigenvalue weighted by atomic mass is 9.59. The van der Waals surface area contributed by atoms with Crippen LogP contribution in [-0.2, 0) is 9.53 Å². The molecule has 34 heavy (non-hydrogen) atoms. The van der Waals surface area contributed by atoms with Gasteiger partial charge in [-0.1, -0.05) is 97.1 Å². The van der Waals surface area contributed by atoms with Crippen LogP contribution in [0.4, 0.5) is 0 Å². The quantitative estimate of drug-likeness (QED) is 0.199.